The fraction of sp³-hybridized carbons (Fsp3) is 0.333. The van der Waals surface area contributed by atoms with E-state index in [-0.39, 0.29) is 12.1 Å². The Hall–Kier alpha value is -2.50. The molecular formula is C15H18N4O2. The van der Waals surface area contributed by atoms with Crippen molar-refractivity contribution in [3.8, 4) is 5.75 Å². The van der Waals surface area contributed by atoms with Crippen molar-refractivity contribution in [2.45, 2.75) is 25.3 Å². The Morgan fingerprint density at radius 3 is 3.24 bits per heavy atom. The monoisotopic (exact) mass is 286 g/mol. The van der Waals surface area contributed by atoms with Crippen LogP contribution in [0.3, 0.4) is 0 Å². The van der Waals surface area contributed by atoms with Gasteiger partial charge in [-0.2, -0.15) is 5.10 Å². The molecule has 2 amide bonds. The van der Waals surface area contributed by atoms with Crippen molar-refractivity contribution < 1.29 is 9.53 Å². The number of aryl methyl sites for hydroxylation is 1. The molecule has 2 aromatic rings. The maximum Gasteiger partial charge on any atom is 0.319 e. The zero-order valence-electron chi connectivity index (χ0n) is 11.8. The minimum absolute atomic E-state index is 0.0122. The SMILES string of the molecule is COc1cccc(NC(=O)N[C@@H]2CCCc3cn[nH]c32)c1. The van der Waals surface area contributed by atoms with E-state index in [1.165, 1.54) is 5.56 Å². The second kappa shape index (κ2) is 5.87. The summed E-state index contributed by atoms with van der Waals surface area (Å²) in [5.41, 5.74) is 2.91. The van der Waals surface area contributed by atoms with Crippen molar-refractivity contribution in [1.82, 2.24) is 15.5 Å². The van der Waals surface area contributed by atoms with Gasteiger partial charge >= 0.3 is 6.03 Å². The van der Waals surface area contributed by atoms with Gasteiger partial charge in [0.05, 0.1) is 25.0 Å². The number of H-pyrrole nitrogens is 1. The van der Waals surface area contributed by atoms with Crippen LogP contribution in [0.5, 0.6) is 5.75 Å². The Morgan fingerprint density at radius 2 is 2.38 bits per heavy atom. The highest BCUT2D eigenvalue weighted by Gasteiger charge is 2.23. The lowest BCUT2D eigenvalue weighted by Crippen LogP contribution is -2.34. The number of anilines is 1. The first-order chi connectivity index (χ1) is 10.3. The van der Waals surface area contributed by atoms with Gasteiger partial charge in [-0.05, 0) is 37.0 Å². The highest BCUT2D eigenvalue weighted by molar-refractivity contribution is 5.89. The molecule has 0 aliphatic heterocycles. The number of nitrogens with one attached hydrogen (secondary N) is 3. The van der Waals surface area contributed by atoms with Crippen LogP contribution in [-0.2, 0) is 6.42 Å². The van der Waals surface area contributed by atoms with E-state index in [1.807, 2.05) is 24.4 Å². The molecule has 21 heavy (non-hydrogen) atoms. The summed E-state index contributed by atoms with van der Waals surface area (Å²) in [6.07, 6.45) is 4.82. The zero-order valence-corrected chi connectivity index (χ0v) is 11.8. The number of nitrogens with zero attached hydrogens (tertiary/aromatic N) is 1. The average Bonchev–Trinajstić information content (AvgIpc) is 2.97. The predicted octanol–water partition coefficient (Wildman–Crippen LogP) is 2.62. The van der Waals surface area contributed by atoms with E-state index < -0.39 is 0 Å². The number of hydrogen-bond acceptors (Lipinski definition) is 3. The molecule has 6 heteroatoms. The third kappa shape index (κ3) is 2.99. The molecule has 110 valence electrons. The minimum Gasteiger partial charge on any atom is -0.497 e. The number of urea groups is 1. The first-order valence-corrected chi connectivity index (χ1v) is 7.00. The van der Waals surface area contributed by atoms with Crippen LogP contribution in [0.25, 0.3) is 0 Å². The van der Waals surface area contributed by atoms with Crippen LogP contribution in [-0.4, -0.2) is 23.3 Å². The lowest BCUT2D eigenvalue weighted by atomic mass is 9.94. The van der Waals surface area contributed by atoms with Crippen LogP contribution >= 0.6 is 0 Å². The minimum atomic E-state index is -0.226. The topological polar surface area (TPSA) is 79.0 Å². The van der Waals surface area contributed by atoms with Crippen LogP contribution in [0.2, 0.25) is 0 Å². The van der Waals surface area contributed by atoms with Crippen LogP contribution in [0, 0.1) is 0 Å². The molecule has 3 N–H and O–H groups in total. The molecule has 0 radical (unpaired) electrons. The van der Waals surface area contributed by atoms with Crippen LogP contribution < -0.4 is 15.4 Å². The number of methoxy groups -OCH3 is 1. The fourth-order valence-electron chi connectivity index (χ4n) is 2.63. The van der Waals surface area contributed by atoms with Gasteiger partial charge < -0.3 is 15.4 Å². The quantitative estimate of drug-likeness (QED) is 0.811. The van der Waals surface area contributed by atoms with E-state index in [0.29, 0.717) is 11.4 Å². The van der Waals surface area contributed by atoms with Gasteiger partial charge in [0.25, 0.3) is 0 Å². The molecule has 6 nitrogen and oxygen atoms in total. The van der Waals surface area contributed by atoms with Crippen molar-refractivity contribution in [1.29, 1.82) is 0 Å². The molecule has 0 bridgehead atoms. The maximum atomic E-state index is 12.1. The Morgan fingerprint density at radius 1 is 1.48 bits per heavy atom. The summed E-state index contributed by atoms with van der Waals surface area (Å²) in [4.78, 5) is 12.1. The summed E-state index contributed by atoms with van der Waals surface area (Å²) in [6.45, 7) is 0. The number of carbonyl (C=O) groups is 1. The molecule has 3 rings (SSSR count). The van der Waals surface area contributed by atoms with Crippen LogP contribution in [0.15, 0.2) is 30.5 Å². The van der Waals surface area contributed by atoms with Crippen molar-refractivity contribution in [3.63, 3.8) is 0 Å². The Labute approximate surface area is 122 Å². The van der Waals surface area contributed by atoms with Gasteiger partial charge in [0.2, 0.25) is 0 Å². The smallest absolute Gasteiger partial charge is 0.319 e. The average molecular weight is 286 g/mol. The lowest BCUT2D eigenvalue weighted by Gasteiger charge is -2.23. The van der Waals surface area contributed by atoms with Gasteiger partial charge in [0.15, 0.2) is 0 Å². The molecule has 1 aromatic carbocycles. The first-order valence-electron chi connectivity index (χ1n) is 7.00. The summed E-state index contributed by atoms with van der Waals surface area (Å²) in [6, 6.07) is 7.04. The highest BCUT2D eigenvalue weighted by Crippen LogP contribution is 2.27. The van der Waals surface area contributed by atoms with E-state index in [2.05, 4.69) is 20.8 Å². The normalized spacial score (nSPS) is 16.9. The molecule has 1 aliphatic carbocycles. The summed E-state index contributed by atoms with van der Waals surface area (Å²) in [5.74, 6) is 0.710. The van der Waals surface area contributed by atoms with Gasteiger partial charge in [-0.15, -0.1) is 0 Å². The zero-order chi connectivity index (χ0) is 14.7. The second-order valence-electron chi connectivity index (χ2n) is 5.08. The number of fused-ring (bicyclic) bond motifs is 1. The summed E-state index contributed by atoms with van der Waals surface area (Å²) in [7, 11) is 1.60. The van der Waals surface area contributed by atoms with Crippen molar-refractivity contribution >= 4 is 11.7 Å². The molecule has 1 aromatic heterocycles. The van der Waals surface area contributed by atoms with Gasteiger partial charge in [0.1, 0.15) is 5.75 Å². The molecular weight excluding hydrogens is 268 g/mol. The molecule has 0 saturated heterocycles. The summed E-state index contributed by atoms with van der Waals surface area (Å²) in [5, 5.41) is 12.8. The molecule has 0 spiro atoms. The van der Waals surface area contributed by atoms with Crippen LogP contribution in [0.4, 0.5) is 10.5 Å². The number of amides is 2. The molecule has 1 heterocycles. The predicted molar refractivity (Wildman–Crippen MR) is 79.4 cm³/mol. The van der Waals surface area contributed by atoms with E-state index in [4.69, 9.17) is 4.74 Å². The lowest BCUT2D eigenvalue weighted by molar-refractivity contribution is 0.247. The van der Waals surface area contributed by atoms with Gasteiger partial charge in [-0.1, -0.05) is 6.07 Å². The standard InChI is InChI=1S/C15H18N4O2/c1-21-12-6-3-5-11(8-12)17-15(20)18-13-7-2-4-10-9-16-19-14(10)13/h3,5-6,8-9,13H,2,4,7H2,1H3,(H,16,19)(H2,17,18,20)/t13-/m1/s1. The maximum absolute atomic E-state index is 12.1. The third-order valence-electron chi connectivity index (χ3n) is 3.67. The molecule has 1 atom stereocenters. The van der Waals surface area contributed by atoms with E-state index in [1.54, 1.807) is 13.2 Å². The largest absolute Gasteiger partial charge is 0.497 e. The van der Waals surface area contributed by atoms with Crippen molar-refractivity contribution in [2.75, 3.05) is 12.4 Å². The molecule has 1 aliphatic rings. The fourth-order valence-corrected chi connectivity index (χ4v) is 2.63. The second-order valence-corrected chi connectivity index (χ2v) is 5.08. The van der Waals surface area contributed by atoms with Crippen molar-refractivity contribution in [3.05, 3.63) is 41.7 Å². The molecule has 0 fully saturated rings. The van der Waals surface area contributed by atoms with Crippen molar-refractivity contribution in [2.24, 2.45) is 0 Å². The van der Waals surface area contributed by atoms with Gasteiger partial charge in [-0.25, -0.2) is 4.79 Å². The Balaban J connectivity index is 1.65. The number of hydrogen-bond donors (Lipinski definition) is 3. The van der Waals surface area contributed by atoms with Gasteiger partial charge in [-0.3, -0.25) is 5.10 Å². The number of aromatic nitrogens is 2. The molecule has 0 saturated carbocycles. The highest BCUT2D eigenvalue weighted by atomic mass is 16.5. The Bertz CT molecular complexity index is 638. The number of aromatic amines is 1. The summed E-state index contributed by atoms with van der Waals surface area (Å²) >= 11 is 0. The summed E-state index contributed by atoms with van der Waals surface area (Å²) < 4.78 is 5.14. The van der Waals surface area contributed by atoms with E-state index in [0.717, 1.165) is 25.0 Å². The number of carbonyl (C=O) groups excluding carboxylic acids is 1. The first kappa shape index (κ1) is 13.5. The van der Waals surface area contributed by atoms with E-state index in [9.17, 15) is 4.79 Å². The number of benzene rings is 1. The molecule has 0 unspecified atom stereocenters. The Kier molecular flexibility index (Phi) is 3.77. The third-order valence-corrected chi connectivity index (χ3v) is 3.67. The number of ether oxygens (including phenoxy) is 1. The number of rotatable bonds is 3. The van der Waals surface area contributed by atoms with Crippen LogP contribution in [0.1, 0.15) is 30.1 Å². The van der Waals surface area contributed by atoms with E-state index >= 15 is 0 Å². The van der Waals surface area contributed by atoms with Gasteiger partial charge in [0, 0.05) is 11.8 Å².